The van der Waals surface area contributed by atoms with Crippen molar-refractivity contribution in [1.29, 1.82) is 0 Å². The van der Waals surface area contributed by atoms with E-state index in [1.807, 2.05) is 0 Å². The Labute approximate surface area is 194 Å². The molecule has 0 bridgehead atoms. The third-order valence-electron chi connectivity index (χ3n) is 7.96. The second kappa shape index (κ2) is 9.36. The highest BCUT2D eigenvalue weighted by atomic mass is 32.1. The van der Waals surface area contributed by atoms with Crippen LogP contribution in [-0.4, -0.2) is 62.2 Å². The molecule has 0 amide bonds. The van der Waals surface area contributed by atoms with Crippen molar-refractivity contribution in [3.63, 3.8) is 0 Å². The minimum absolute atomic E-state index is 0.0655. The number of thiophene rings is 1. The number of methoxy groups -OCH3 is 1. The number of pyridine rings is 1. The zero-order chi connectivity index (χ0) is 22.1. The summed E-state index contributed by atoms with van der Waals surface area (Å²) in [4.78, 5) is 6.51. The molecule has 1 N–H and O–H groups in total. The number of nitrogens with one attached hydrogen (secondary N) is 1. The first-order valence-corrected chi connectivity index (χ1v) is 12.7. The third-order valence-corrected chi connectivity index (χ3v) is 8.86. The minimum atomic E-state index is 0.0655. The van der Waals surface area contributed by atoms with Crippen molar-refractivity contribution in [1.82, 2.24) is 10.3 Å². The summed E-state index contributed by atoms with van der Waals surface area (Å²) in [6, 6.07) is 2.05. The molecule has 0 unspecified atom stereocenters. The predicted octanol–water partition coefficient (Wildman–Crippen LogP) is -2.27. The van der Waals surface area contributed by atoms with E-state index in [1.165, 1.54) is 58.2 Å². The molecule has 2 fully saturated rings. The van der Waals surface area contributed by atoms with Gasteiger partial charge in [-0.3, -0.25) is 4.98 Å². The van der Waals surface area contributed by atoms with Gasteiger partial charge in [-0.1, -0.05) is 29.2 Å². The lowest BCUT2D eigenvalue weighted by Gasteiger charge is -2.47. The van der Waals surface area contributed by atoms with Gasteiger partial charge in [-0.25, -0.2) is 0 Å². The summed E-state index contributed by atoms with van der Waals surface area (Å²) < 4.78 is 11.9. The molecule has 1 aliphatic carbocycles. The molecule has 1 aliphatic heterocycles. The number of aromatic nitrogens is 1. The van der Waals surface area contributed by atoms with Gasteiger partial charge >= 0.3 is 0 Å². The molecule has 2 aromatic heterocycles. The Balaban J connectivity index is 1.59. The molecule has 31 heavy (non-hydrogen) atoms. The van der Waals surface area contributed by atoms with Crippen LogP contribution in [0, 0.1) is 0 Å². The Bertz CT molecular complexity index is 932. The summed E-state index contributed by atoms with van der Waals surface area (Å²) >= 11 is 1.76. The molecule has 0 radical (unpaired) electrons. The van der Waals surface area contributed by atoms with Crippen LogP contribution in [0.4, 0.5) is 0 Å². The van der Waals surface area contributed by atoms with Crippen LogP contribution in [0.5, 0.6) is 5.75 Å². The first-order valence-electron chi connectivity index (χ1n) is 11.8. The van der Waals surface area contributed by atoms with E-state index in [0.717, 1.165) is 44.7 Å². The zero-order valence-electron chi connectivity index (χ0n) is 19.9. The van der Waals surface area contributed by atoms with Crippen LogP contribution >= 0.6 is 11.3 Å². The number of nitrogens with zero attached hydrogens (tertiary/aromatic N) is 1. The highest BCUT2D eigenvalue weighted by Crippen LogP contribution is 2.49. The largest absolute Gasteiger partial charge is 0.496 e. The van der Waals surface area contributed by atoms with E-state index in [-0.39, 0.29) is 11.0 Å². The van der Waals surface area contributed by atoms with E-state index in [1.54, 1.807) is 18.4 Å². The fraction of sp³-hybridized carbons (Fsp3) is 0.591. The van der Waals surface area contributed by atoms with Crippen molar-refractivity contribution >= 4 is 64.7 Å². The van der Waals surface area contributed by atoms with E-state index in [2.05, 4.69) is 48.1 Å². The normalized spacial score (nSPS) is 22.7. The molecule has 2 aliphatic rings. The summed E-state index contributed by atoms with van der Waals surface area (Å²) in [6.45, 7) is 2.69. The van der Waals surface area contributed by atoms with Crippen LogP contribution in [0.25, 0.3) is 0 Å². The van der Waals surface area contributed by atoms with Crippen molar-refractivity contribution in [2.75, 3.05) is 20.3 Å². The van der Waals surface area contributed by atoms with E-state index in [4.69, 9.17) is 14.5 Å². The van der Waals surface area contributed by atoms with E-state index >= 15 is 0 Å². The monoisotopic (exact) mass is 434 g/mol. The SMILES string of the molecule is Bc1nc([C@]2(CCNCc3sccc3OC)CCOC3(CCCC3)C2)c(B)c(B)c1B. The van der Waals surface area contributed by atoms with Crippen molar-refractivity contribution in [3.8, 4) is 5.75 Å². The Morgan fingerprint density at radius 1 is 1.13 bits per heavy atom. The number of hydrogen-bond acceptors (Lipinski definition) is 5. The van der Waals surface area contributed by atoms with Gasteiger partial charge in [0, 0.05) is 24.3 Å². The second-order valence-electron chi connectivity index (χ2n) is 9.71. The van der Waals surface area contributed by atoms with Gasteiger partial charge in [0.15, 0.2) is 7.85 Å². The first kappa shape index (κ1) is 23.0. The fourth-order valence-corrected chi connectivity index (χ4v) is 6.65. The van der Waals surface area contributed by atoms with Crippen LogP contribution in [0.2, 0.25) is 0 Å². The van der Waals surface area contributed by atoms with Crippen LogP contribution in [0.15, 0.2) is 11.4 Å². The van der Waals surface area contributed by atoms with Crippen molar-refractivity contribution in [2.24, 2.45) is 0 Å². The van der Waals surface area contributed by atoms with Gasteiger partial charge in [0.25, 0.3) is 0 Å². The van der Waals surface area contributed by atoms with Crippen LogP contribution in [0.1, 0.15) is 55.5 Å². The maximum Gasteiger partial charge on any atom is 0.163 e. The molecule has 1 atom stereocenters. The fourth-order valence-electron chi connectivity index (χ4n) is 5.84. The van der Waals surface area contributed by atoms with Gasteiger partial charge in [-0.15, -0.1) is 11.3 Å². The average molecular weight is 434 g/mol. The van der Waals surface area contributed by atoms with Gasteiger partial charge < -0.3 is 14.8 Å². The van der Waals surface area contributed by atoms with E-state index in [9.17, 15) is 0 Å². The molecule has 4 nitrogen and oxygen atoms in total. The lowest BCUT2D eigenvalue weighted by atomic mass is 9.61. The van der Waals surface area contributed by atoms with Crippen molar-refractivity contribution in [3.05, 3.63) is 22.0 Å². The minimum Gasteiger partial charge on any atom is -0.496 e. The quantitative estimate of drug-likeness (QED) is 0.395. The topological polar surface area (TPSA) is 43.4 Å². The molecule has 0 aromatic carbocycles. The number of ether oxygens (including phenoxy) is 2. The average Bonchev–Trinajstić information content (AvgIpc) is 3.41. The molecular formula is C22H34B4N2O2S. The Hall–Kier alpha value is -1.17. The van der Waals surface area contributed by atoms with Gasteiger partial charge in [0.1, 0.15) is 29.3 Å². The molecule has 1 saturated heterocycles. The maximum absolute atomic E-state index is 6.46. The lowest BCUT2D eigenvalue weighted by molar-refractivity contribution is -0.104. The molecular weight excluding hydrogens is 400 g/mol. The first-order chi connectivity index (χ1) is 14.9. The predicted molar refractivity (Wildman–Crippen MR) is 142 cm³/mol. The zero-order valence-corrected chi connectivity index (χ0v) is 20.7. The van der Waals surface area contributed by atoms with Crippen LogP contribution in [0.3, 0.4) is 0 Å². The Morgan fingerprint density at radius 3 is 2.65 bits per heavy atom. The van der Waals surface area contributed by atoms with E-state index < -0.39 is 0 Å². The summed E-state index contributed by atoms with van der Waals surface area (Å²) in [6.07, 6.45) is 8.28. The van der Waals surface area contributed by atoms with Crippen molar-refractivity contribution in [2.45, 2.75) is 62.5 Å². The van der Waals surface area contributed by atoms with Crippen LogP contribution < -0.4 is 32.0 Å². The summed E-state index contributed by atoms with van der Waals surface area (Å²) in [5.41, 5.74) is 6.79. The molecule has 162 valence electrons. The maximum atomic E-state index is 6.46. The Kier molecular flexibility index (Phi) is 6.95. The van der Waals surface area contributed by atoms with Gasteiger partial charge in [0.2, 0.25) is 0 Å². The smallest absolute Gasteiger partial charge is 0.163 e. The number of rotatable bonds is 7. The molecule has 3 heterocycles. The van der Waals surface area contributed by atoms with E-state index in [0.29, 0.717) is 0 Å². The third kappa shape index (κ3) is 4.51. The second-order valence-corrected chi connectivity index (χ2v) is 10.7. The van der Waals surface area contributed by atoms with Gasteiger partial charge in [0.05, 0.1) is 17.6 Å². The summed E-state index contributed by atoms with van der Waals surface area (Å²) in [5, 5.41) is 5.81. The van der Waals surface area contributed by atoms with Crippen molar-refractivity contribution < 1.29 is 9.47 Å². The summed E-state index contributed by atoms with van der Waals surface area (Å²) in [7, 11) is 10.7. The molecule has 4 rings (SSSR count). The summed E-state index contributed by atoms with van der Waals surface area (Å²) in [5.74, 6) is 0.991. The van der Waals surface area contributed by atoms with Crippen LogP contribution in [-0.2, 0) is 16.7 Å². The lowest BCUT2D eigenvalue weighted by Crippen LogP contribution is -2.56. The molecule has 2 aromatic rings. The highest BCUT2D eigenvalue weighted by molar-refractivity contribution is 7.10. The number of hydrogen-bond donors (Lipinski definition) is 1. The highest BCUT2D eigenvalue weighted by Gasteiger charge is 2.49. The molecule has 1 spiro atoms. The van der Waals surface area contributed by atoms with Gasteiger partial charge in [-0.05, 0) is 55.7 Å². The molecule has 9 heteroatoms. The van der Waals surface area contributed by atoms with Gasteiger partial charge in [-0.2, -0.15) is 0 Å². The Morgan fingerprint density at radius 2 is 1.90 bits per heavy atom. The molecule has 1 saturated carbocycles. The standard InChI is InChI=1S/C22H34B4N2O2S/c1-29-14-4-11-31-15(14)12-27-9-7-21(8-10-30-22(13-21)5-2-3-6-22)19-17(24)16(23)18(25)20(26)28-19/h4,11,27H,2-3,5-10,12-13,23-26H2,1H3/t21-/m1/s1.